The van der Waals surface area contributed by atoms with E-state index in [-0.39, 0.29) is 22.9 Å². The van der Waals surface area contributed by atoms with Gasteiger partial charge in [-0.05, 0) is 37.1 Å². The third-order valence-corrected chi connectivity index (χ3v) is 4.31. The van der Waals surface area contributed by atoms with E-state index < -0.39 is 22.1 Å². The molecule has 0 spiro atoms. The van der Waals surface area contributed by atoms with Crippen molar-refractivity contribution in [3.63, 3.8) is 0 Å². The number of sulfonamides is 1. The first-order valence-corrected chi connectivity index (χ1v) is 9.32. The lowest BCUT2D eigenvalue weighted by Crippen LogP contribution is -2.37. The van der Waals surface area contributed by atoms with Crippen LogP contribution in [0.3, 0.4) is 0 Å². The smallest absolute Gasteiger partial charge is 0.352 e. The molecule has 0 bridgehead atoms. The van der Waals surface area contributed by atoms with Crippen LogP contribution in [0.4, 0.5) is 13.2 Å². The molecule has 7 nitrogen and oxygen atoms in total. The fourth-order valence-electron chi connectivity index (χ4n) is 2.01. The molecule has 0 saturated carbocycles. The molecule has 1 aromatic carbocycles. The minimum atomic E-state index is -4.86. The van der Waals surface area contributed by atoms with Crippen molar-refractivity contribution < 1.29 is 31.2 Å². The first-order valence-electron chi connectivity index (χ1n) is 7.78. The third-order valence-electron chi connectivity index (χ3n) is 3.38. The average molecular weight is 395 g/mol. The second kappa shape index (κ2) is 9.53. The first kappa shape index (κ1) is 21.9. The summed E-state index contributed by atoms with van der Waals surface area (Å²) in [6, 6.07) is 5.16. The van der Waals surface area contributed by atoms with E-state index >= 15 is 0 Å². The molecule has 0 aliphatic heterocycles. The van der Waals surface area contributed by atoms with E-state index in [1.807, 2.05) is 0 Å². The van der Waals surface area contributed by atoms with Gasteiger partial charge in [0, 0.05) is 18.7 Å². The topological polar surface area (TPSA) is 118 Å². The number of carbonyl (C=O) groups is 2. The van der Waals surface area contributed by atoms with Crippen LogP contribution in [-0.4, -0.2) is 39.5 Å². The SMILES string of the molecule is NS(=O)(=O)c1ccc(C(=O)NCCCCCCNC(=O)C(F)(F)F)cc1. The maximum absolute atomic E-state index is 11.9. The van der Waals surface area contributed by atoms with Gasteiger partial charge in [-0.3, -0.25) is 9.59 Å². The number of benzene rings is 1. The van der Waals surface area contributed by atoms with Gasteiger partial charge in [-0.15, -0.1) is 0 Å². The molecule has 0 saturated heterocycles. The lowest BCUT2D eigenvalue weighted by atomic mass is 10.2. The molecule has 1 aromatic rings. The van der Waals surface area contributed by atoms with Crippen LogP contribution in [0.5, 0.6) is 0 Å². The summed E-state index contributed by atoms with van der Waals surface area (Å²) in [6.45, 7) is 0.311. The molecule has 0 unspecified atom stereocenters. The van der Waals surface area contributed by atoms with Crippen LogP contribution >= 0.6 is 0 Å². The summed E-state index contributed by atoms with van der Waals surface area (Å²) in [4.78, 5) is 22.3. The highest BCUT2D eigenvalue weighted by molar-refractivity contribution is 7.89. The summed E-state index contributed by atoms with van der Waals surface area (Å²) in [7, 11) is -3.81. The van der Waals surface area contributed by atoms with E-state index in [0.29, 0.717) is 32.2 Å². The molecular formula is C15H20F3N3O4S. The molecule has 4 N–H and O–H groups in total. The Balaban J connectivity index is 2.18. The van der Waals surface area contributed by atoms with Gasteiger partial charge in [0.05, 0.1) is 4.90 Å². The van der Waals surface area contributed by atoms with E-state index in [9.17, 15) is 31.2 Å². The van der Waals surface area contributed by atoms with E-state index in [4.69, 9.17) is 5.14 Å². The van der Waals surface area contributed by atoms with Crippen molar-refractivity contribution in [1.82, 2.24) is 10.6 Å². The van der Waals surface area contributed by atoms with Gasteiger partial charge in [0.1, 0.15) is 0 Å². The van der Waals surface area contributed by atoms with Crippen molar-refractivity contribution in [1.29, 1.82) is 0 Å². The van der Waals surface area contributed by atoms with Crippen LogP contribution in [0.2, 0.25) is 0 Å². The van der Waals surface area contributed by atoms with Crippen molar-refractivity contribution in [2.45, 2.75) is 36.8 Å². The Hall–Kier alpha value is -2.14. The molecule has 26 heavy (non-hydrogen) atoms. The van der Waals surface area contributed by atoms with E-state index in [1.165, 1.54) is 24.3 Å². The average Bonchev–Trinajstić information content (AvgIpc) is 2.55. The zero-order valence-corrected chi connectivity index (χ0v) is 14.6. The van der Waals surface area contributed by atoms with Crippen LogP contribution in [0.25, 0.3) is 0 Å². The zero-order valence-electron chi connectivity index (χ0n) is 13.8. The monoisotopic (exact) mass is 395 g/mol. The molecule has 146 valence electrons. The summed E-state index contributed by atoms with van der Waals surface area (Å²) in [5.41, 5.74) is 0.285. The van der Waals surface area contributed by atoms with Crippen LogP contribution in [-0.2, 0) is 14.8 Å². The molecule has 0 heterocycles. The highest BCUT2D eigenvalue weighted by atomic mass is 32.2. The number of hydrogen-bond acceptors (Lipinski definition) is 4. The molecule has 0 atom stereocenters. The predicted octanol–water partition coefficient (Wildman–Crippen LogP) is 1.30. The number of nitrogens with two attached hydrogens (primary N) is 1. The molecular weight excluding hydrogens is 375 g/mol. The fourth-order valence-corrected chi connectivity index (χ4v) is 2.52. The molecule has 1 rings (SSSR count). The predicted molar refractivity (Wildman–Crippen MR) is 87.7 cm³/mol. The van der Waals surface area contributed by atoms with Gasteiger partial charge in [-0.2, -0.15) is 13.2 Å². The van der Waals surface area contributed by atoms with Gasteiger partial charge in [-0.1, -0.05) is 12.8 Å². The molecule has 0 aliphatic carbocycles. The number of halogens is 3. The molecule has 2 amide bonds. The second-order valence-corrected chi connectivity index (χ2v) is 7.05. The maximum atomic E-state index is 11.9. The highest BCUT2D eigenvalue weighted by Crippen LogP contribution is 2.14. The second-order valence-electron chi connectivity index (χ2n) is 5.49. The van der Waals surface area contributed by atoms with Gasteiger partial charge >= 0.3 is 12.1 Å². The third kappa shape index (κ3) is 7.83. The number of primary sulfonamides is 1. The quantitative estimate of drug-likeness (QED) is 0.546. The summed E-state index contributed by atoms with van der Waals surface area (Å²) < 4.78 is 58.0. The van der Waals surface area contributed by atoms with Gasteiger partial charge in [0.25, 0.3) is 5.91 Å². The first-order chi connectivity index (χ1) is 12.0. The van der Waals surface area contributed by atoms with Crippen LogP contribution < -0.4 is 15.8 Å². The molecule has 0 aliphatic rings. The Morgan fingerprint density at radius 1 is 0.923 bits per heavy atom. The number of hydrogen-bond donors (Lipinski definition) is 3. The summed E-state index contributed by atoms with van der Waals surface area (Å²) in [5, 5.41) is 9.39. The lowest BCUT2D eigenvalue weighted by Gasteiger charge is -2.08. The largest absolute Gasteiger partial charge is 0.471 e. The zero-order chi connectivity index (χ0) is 19.8. The fraction of sp³-hybridized carbons (Fsp3) is 0.467. The molecule has 0 fully saturated rings. The van der Waals surface area contributed by atoms with E-state index in [1.54, 1.807) is 5.32 Å². The Kier molecular flexibility index (Phi) is 8.03. The van der Waals surface area contributed by atoms with Crippen LogP contribution in [0.15, 0.2) is 29.2 Å². The maximum Gasteiger partial charge on any atom is 0.471 e. The lowest BCUT2D eigenvalue weighted by molar-refractivity contribution is -0.173. The Morgan fingerprint density at radius 3 is 1.88 bits per heavy atom. The standard InChI is InChI=1S/C15H20F3N3O4S/c16-15(17,18)14(23)21-10-4-2-1-3-9-20-13(22)11-5-7-12(8-6-11)26(19,24)25/h5-8H,1-4,9-10H2,(H,20,22)(H,21,23)(H2,19,24,25). The number of carbonyl (C=O) groups excluding carboxylic acids is 2. The Morgan fingerprint density at radius 2 is 1.42 bits per heavy atom. The van der Waals surface area contributed by atoms with E-state index in [2.05, 4.69) is 5.32 Å². The number of rotatable bonds is 9. The van der Waals surface area contributed by atoms with E-state index in [0.717, 1.165) is 0 Å². The normalized spacial score (nSPS) is 11.8. The van der Waals surface area contributed by atoms with Gasteiger partial charge in [-0.25, -0.2) is 13.6 Å². The summed E-state index contributed by atoms with van der Waals surface area (Å²) in [6.07, 6.45) is -2.56. The Bertz CT molecular complexity index is 719. The number of nitrogens with one attached hydrogen (secondary N) is 2. The van der Waals surface area contributed by atoms with Crippen LogP contribution in [0, 0.1) is 0 Å². The minimum absolute atomic E-state index is 0.0545. The van der Waals surface area contributed by atoms with Crippen LogP contribution in [0.1, 0.15) is 36.0 Å². The summed E-state index contributed by atoms with van der Waals surface area (Å²) >= 11 is 0. The number of amides is 2. The summed E-state index contributed by atoms with van der Waals surface area (Å²) in [5.74, 6) is -2.32. The van der Waals surface area contributed by atoms with Gasteiger partial charge < -0.3 is 10.6 Å². The number of alkyl halides is 3. The minimum Gasteiger partial charge on any atom is -0.352 e. The molecule has 0 aromatic heterocycles. The van der Waals surface area contributed by atoms with Crippen molar-refractivity contribution in [3.8, 4) is 0 Å². The van der Waals surface area contributed by atoms with Gasteiger partial charge in [0.15, 0.2) is 0 Å². The van der Waals surface area contributed by atoms with Crippen molar-refractivity contribution in [2.24, 2.45) is 5.14 Å². The van der Waals surface area contributed by atoms with Gasteiger partial charge in [0.2, 0.25) is 10.0 Å². The molecule has 0 radical (unpaired) electrons. The highest BCUT2D eigenvalue weighted by Gasteiger charge is 2.38. The van der Waals surface area contributed by atoms with Crippen molar-refractivity contribution in [2.75, 3.05) is 13.1 Å². The van der Waals surface area contributed by atoms with Crippen molar-refractivity contribution in [3.05, 3.63) is 29.8 Å². The Labute approximate surface area is 149 Å². The number of unbranched alkanes of at least 4 members (excludes halogenated alkanes) is 3. The van der Waals surface area contributed by atoms with Crippen molar-refractivity contribution >= 4 is 21.8 Å². The molecule has 11 heteroatoms.